The number of pyridine rings is 1. The first-order valence-electron chi connectivity index (χ1n) is 9.34. The fourth-order valence-corrected chi connectivity index (χ4v) is 3.54. The largest absolute Gasteiger partial charge is 0.348 e. The van der Waals surface area contributed by atoms with E-state index in [-0.39, 0.29) is 17.9 Å². The molecule has 2 aliphatic rings. The van der Waals surface area contributed by atoms with Crippen LogP contribution < -0.4 is 5.32 Å². The van der Waals surface area contributed by atoms with E-state index >= 15 is 0 Å². The number of hydrogen-bond acceptors (Lipinski definition) is 4. The van der Waals surface area contributed by atoms with E-state index in [1.807, 2.05) is 11.0 Å². The third kappa shape index (κ3) is 5.01. The summed E-state index contributed by atoms with van der Waals surface area (Å²) in [6, 6.07) is 5.51. The molecule has 1 N–H and O–H groups in total. The Morgan fingerprint density at radius 2 is 1.84 bits per heavy atom. The van der Waals surface area contributed by atoms with Gasteiger partial charge in [-0.1, -0.05) is 13.0 Å². The van der Waals surface area contributed by atoms with Crippen LogP contribution in [-0.4, -0.2) is 65.4 Å². The molecule has 0 atom stereocenters. The van der Waals surface area contributed by atoms with E-state index in [1.165, 1.54) is 0 Å². The minimum Gasteiger partial charge on any atom is -0.348 e. The molecule has 2 fully saturated rings. The fraction of sp³-hybridized carbons (Fsp3) is 0.632. The average molecular weight is 344 g/mol. The normalized spacial score (nSPS) is 20.4. The number of rotatable bonds is 4. The van der Waals surface area contributed by atoms with E-state index in [1.54, 1.807) is 18.3 Å². The number of aromatic nitrogens is 1. The summed E-state index contributed by atoms with van der Waals surface area (Å²) in [5, 5.41) is 3.05. The van der Waals surface area contributed by atoms with Crippen molar-refractivity contribution < 1.29 is 9.59 Å². The maximum absolute atomic E-state index is 12.4. The van der Waals surface area contributed by atoms with Gasteiger partial charge in [-0.3, -0.25) is 19.5 Å². The Morgan fingerprint density at radius 3 is 2.48 bits per heavy atom. The molecule has 6 heteroatoms. The van der Waals surface area contributed by atoms with Crippen molar-refractivity contribution in [3.8, 4) is 0 Å². The van der Waals surface area contributed by atoms with Crippen LogP contribution >= 0.6 is 0 Å². The third-order valence-corrected chi connectivity index (χ3v) is 5.32. The fourth-order valence-electron chi connectivity index (χ4n) is 3.54. The Hall–Kier alpha value is -1.95. The van der Waals surface area contributed by atoms with Gasteiger partial charge in [0.15, 0.2) is 0 Å². The van der Waals surface area contributed by atoms with Gasteiger partial charge in [-0.2, -0.15) is 0 Å². The number of nitrogens with one attached hydrogen (secondary N) is 1. The summed E-state index contributed by atoms with van der Waals surface area (Å²) in [5.41, 5.74) is 0.458. The van der Waals surface area contributed by atoms with Gasteiger partial charge >= 0.3 is 0 Å². The van der Waals surface area contributed by atoms with Crippen molar-refractivity contribution in [3.05, 3.63) is 30.1 Å². The summed E-state index contributed by atoms with van der Waals surface area (Å²) in [6.45, 7) is 6.26. The second-order valence-corrected chi connectivity index (χ2v) is 7.30. The molecule has 0 unspecified atom stereocenters. The molecule has 25 heavy (non-hydrogen) atoms. The lowest BCUT2D eigenvalue weighted by Crippen LogP contribution is -2.49. The van der Waals surface area contributed by atoms with Crippen molar-refractivity contribution in [2.45, 2.75) is 38.6 Å². The summed E-state index contributed by atoms with van der Waals surface area (Å²) in [4.78, 5) is 32.9. The van der Waals surface area contributed by atoms with E-state index < -0.39 is 0 Å². The Bertz CT molecular complexity index is 576. The van der Waals surface area contributed by atoms with Crippen molar-refractivity contribution in [3.63, 3.8) is 0 Å². The number of nitrogens with zero attached hydrogens (tertiary/aromatic N) is 3. The molecule has 1 aromatic rings. The molecule has 6 nitrogen and oxygen atoms in total. The second kappa shape index (κ2) is 8.43. The van der Waals surface area contributed by atoms with E-state index in [4.69, 9.17) is 0 Å². The summed E-state index contributed by atoms with van der Waals surface area (Å²) in [6.07, 6.45) is 5.62. The van der Waals surface area contributed by atoms with Gasteiger partial charge in [-0.25, -0.2) is 0 Å². The number of amides is 2. The van der Waals surface area contributed by atoms with Crippen molar-refractivity contribution in [1.29, 1.82) is 0 Å². The van der Waals surface area contributed by atoms with E-state index in [2.05, 4.69) is 22.1 Å². The molecule has 2 saturated heterocycles. The Balaban J connectivity index is 1.40. The van der Waals surface area contributed by atoms with E-state index in [9.17, 15) is 9.59 Å². The monoisotopic (exact) mass is 344 g/mol. The van der Waals surface area contributed by atoms with Crippen molar-refractivity contribution in [1.82, 2.24) is 20.1 Å². The van der Waals surface area contributed by atoms with Gasteiger partial charge in [-0.05, 0) is 43.7 Å². The molecule has 3 heterocycles. The molecule has 0 bridgehead atoms. The van der Waals surface area contributed by atoms with Crippen molar-refractivity contribution in [2.75, 3.05) is 32.7 Å². The van der Waals surface area contributed by atoms with Gasteiger partial charge in [0.05, 0.1) is 6.54 Å². The van der Waals surface area contributed by atoms with Crippen LogP contribution in [0.25, 0.3) is 0 Å². The molecular weight excluding hydrogens is 316 g/mol. The summed E-state index contributed by atoms with van der Waals surface area (Å²) in [7, 11) is 0. The zero-order valence-electron chi connectivity index (χ0n) is 15.0. The molecule has 1 aromatic heterocycles. The quantitative estimate of drug-likeness (QED) is 0.900. The Morgan fingerprint density at radius 1 is 1.12 bits per heavy atom. The minimum absolute atomic E-state index is 0.113. The first-order valence-corrected chi connectivity index (χ1v) is 9.34. The summed E-state index contributed by atoms with van der Waals surface area (Å²) >= 11 is 0. The Kier molecular flexibility index (Phi) is 6.02. The van der Waals surface area contributed by atoms with E-state index in [0.717, 1.165) is 57.8 Å². The number of piperidine rings is 2. The smallest absolute Gasteiger partial charge is 0.270 e. The topological polar surface area (TPSA) is 65.5 Å². The van der Waals surface area contributed by atoms with E-state index in [0.29, 0.717) is 12.2 Å². The molecule has 136 valence electrons. The highest BCUT2D eigenvalue weighted by atomic mass is 16.2. The number of carbonyl (C=O) groups is 2. The van der Waals surface area contributed by atoms with Crippen LogP contribution in [0.3, 0.4) is 0 Å². The lowest BCUT2D eigenvalue weighted by Gasteiger charge is -2.35. The molecule has 0 radical (unpaired) electrons. The van der Waals surface area contributed by atoms with Gasteiger partial charge in [0.1, 0.15) is 5.69 Å². The van der Waals surface area contributed by atoms with Crippen LogP contribution in [0, 0.1) is 5.92 Å². The molecule has 2 aliphatic heterocycles. The standard InChI is InChI=1S/C19H28N4O2/c1-15-5-12-23(13-6-15)18(24)14-22-10-7-16(8-11-22)21-19(25)17-4-2-3-9-20-17/h2-4,9,15-16H,5-8,10-14H2,1H3,(H,21,25). The highest BCUT2D eigenvalue weighted by molar-refractivity contribution is 5.92. The van der Waals surface area contributed by atoms with Gasteiger partial charge in [0, 0.05) is 38.4 Å². The second-order valence-electron chi connectivity index (χ2n) is 7.30. The first kappa shape index (κ1) is 17.9. The SMILES string of the molecule is CC1CCN(C(=O)CN2CCC(NC(=O)c3ccccn3)CC2)CC1. The maximum atomic E-state index is 12.4. The van der Waals surface area contributed by atoms with Crippen LogP contribution in [0.1, 0.15) is 43.1 Å². The Labute approximate surface area is 149 Å². The summed E-state index contributed by atoms with van der Waals surface area (Å²) in [5.74, 6) is 0.878. The molecule has 0 spiro atoms. The summed E-state index contributed by atoms with van der Waals surface area (Å²) < 4.78 is 0. The molecule has 0 aromatic carbocycles. The van der Waals surface area contributed by atoms with Gasteiger partial charge in [0.25, 0.3) is 5.91 Å². The van der Waals surface area contributed by atoms with Crippen LogP contribution in [0.5, 0.6) is 0 Å². The number of likely N-dealkylation sites (tertiary alicyclic amines) is 2. The van der Waals surface area contributed by atoms with Crippen LogP contribution in [0.2, 0.25) is 0 Å². The van der Waals surface area contributed by atoms with Crippen molar-refractivity contribution >= 4 is 11.8 Å². The van der Waals surface area contributed by atoms with Crippen LogP contribution in [0.15, 0.2) is 24.4 Å². The van der Waals surface area contributed by atoms with Crippen molar-refractivity contribution in [2.24, 2.45) is 5.92 Å². The van der Waals surface area contributed by atoms with Gasteiger partial charge in [0.2, 0.25) is 5.91 Å². The molecule has 2 amide bonds. The number of hydrogen-bond donors (Lipinski definition) is 1. The molecule has 0 saturated carbocycles. The highest BCUT2D eigenvalue weighted by Gasteiger charge is 2.25. The maximum Gasteiger partial charge on any atom is 0.270 e. The number of carbonyl (C=O) groups excluding carboxylic acids is 2. The molecular formula is C19H28N4O2. The van der Waals surface area contributed by atoms with Gasteiger partial charge < -0.3 is 10.2 Å². The lowest BCUT2D eigenvalue weighted by molar-refractivity contribution is -0.134. The van der Waals surface area contributed by atoms with Crippen LogP contribution in [-0.2, 0) is 4.79 Å². The highest BCUT2D eigenvalue weighted by Crippen LogP contribution is 2.17. The van der Waals surface area contributed by atoms with Gasteiger partial charge in [-0.15, -0.1) is 0 Å². The van der Waals surface area contributed by atoms with Crippen LogP contribution in [0.4, 0.5) is 0 Å². The predicted molar refractivity (Wildman–Crippen MR) is 96.1 cm³/mol. The third-order valence-electron chi connectivity index (χ3n) is 5.32. The zero-order chi connectivity index (χ0) is 17.6. The average Bonchev–Trinajstić information content (AvgIpc) is 2.64. The first-order chi connectivity index (χ1) is 12.1. The molecule has 0 aliphatic carbocycles. The predicted octanol–water partition coefficient (Wildman–Crippen LogP) is 1.53. The molecule has 3 rings (SSSR count). The zero-order valence-corrected chi connectivity index (χ0v) is 15.0. The minimum atomic E-state index is -0.113. The lowest BCUT2D eigenvalue weighted by atomic mass is 9.99.